The molecule has 4 aromatic rings. The average Bonchev–Trinajstić information content (AvgIpc) is 3.44. The minimum atomic E-state index is 0. The molecular formula is C24H22Fe2-8. The van der Waals surface area contributed by atoms with Gasteiger partial charge in [0.05, 0.1) is 0 Å². The summed E-state index contributed by atoms with van der Waals surface area (Å²) in [5.41, 5.74) is 2.49. The standard InChI is InChI=1S/C14H12.2C5H5.2Fe/c1-2-8-13(7-1)11-5-6-12-14-9-3-4-10-14;2*1-2-4-5-3-1;;/h1-12H;2*1-5H;;/q-2;-5;-1;;. The maximum Gasteiger partial charge on any atom is 0 e. The average molecular weight is 422 g/mol. The van der Waals surface area contributed by atoms with Gasteiger partial charge in [0.25, 0.3) is 0 Å². The zero-order valence-electron chi connectivity index (χ0n) is 14.4. The van der Waals surface area contributed by atoms with Crippen LogP contribution in [0.5, 0.6) is 0 Å². The van der Waals surface area contributed by atoms with E-state index in [1.54, 1.807) is 0 Å². The number of hydrogen-bond acceptors (Lipinski definition) is 0. The van der Waals surface area contributed by atoms with Crippen molar-refractivity contribution in [3.05, 3.63) is 132 Å². The van der Waals surface area contributed by atoms with Crippen LogP contribution in [0.2, 0.25) is 0 Å². The summed E-state index contributed by atoms with van der Waals surface area (Å²) in [5, 5.41) is 0. The van der Waals surface area contributed by atoms with Crippen LogP contribution in [-0.4, -0.2) is 0 Å². The molecule has 0 N–H and O–H groups in total. The molecule has 0 saturated carbocycles. The van der Waals surface area contributed by atoms with Gasteiger partial charge in [-0.15, -0.1) is 47.5 Å². The summed E-state index contributed by atoms with van der Waals surface area (Å²) in [7, 11) is 0. The Bertz CT molecular complexity index is 636. The Kier molecular flexibility index (Phi) is 15.1. The quantitative estimate of drug-likeness (QED) is 0.197. The Labute approximate surface area is 178 Å². The molecule has 142 valence electrons. The minimum absolute atomic E-state index is 0. The Balaban J connectivity index is 0.000000432. The van der Waals surface area contributed by atoms with Gasteiger partial charge in [-0.25, -0.2) is 12.1 Å². The third-order valence-corrected chi connectivity index (χ3v) is 3.18. The predicted molar refractivity (Wildman–Crippen MR) is 106 cm³/mol. The van der Waals surface area contributed by atoms with Gasteiger partial charge >= 0.3 is 0 Å². The van der Waals surface area contributed by atoms with Crippen LogP contribution < -0.4 is 0 Å². The normalized spacial score (nSPS) is 9.38. The van der Waals surface area contributed by atoms with Gasteiger partial charge in [0.1, 0.15) is 0 Å². The van der Waals surface area contributed by atoms with Gasteiger partial charge in [-0.2, -0.15) is 54.6 Å². The van der Waals surface area contributed by atoms with Crippen molar-refractivity contribution >= 4 is 12.2 Å². The largest absolute Gasteiger partial charge is 0.748 e. The summed E-state index contributed by atoms with van der Waals surface area (Å²) in [4.78, 5) is 0. The van der Waals surface area contributed by atoms with Gasteiger partial charge < -0.3 is 30.3 Å². The molecule has 0 saturated heterocycles. The van der Waals surface area contributed by atoms with Gasteiger partial charge in [0.2, 0.25) is 0 Å². The number of rotatable bonds is 3. The summed E-state index contributed by atoms with van der Waals surface area (Å²) in [6.45, 7) is 0. The van der Waals surface area contributed by atoms with Crippen molar-refractivity contribution in [2.75, 3.05) is 0 Å². The molecule has 0 spiro atoms. The van der Waals surface area contributed by atoms with Crippen LogP contribution in [0.15, 0.2) is 121 Å². The van der Waals surface area contributed by atoms with Crippen LogP contribution in [0.1, 0.15) is 11.1 Å². The Morgan fingerprint density at radius 1 is 0.500 bits per heavy atom. The van der Waals surface area contributed by atoms with Crippen molar-refractivity contribution in [1.29, 1.82) is 0 Å². The third kappa shape index (κ3) is 11.5. The van der Waals surface area contributed by atoms with Gasteiger partial charge in [0.15, 0.2) is 0 Å². The second-order valence-electron chi connectivity index (χ2n) is 5.08. The molecule has 0 aromatic heterocycles. The monoisotopic (exact) mass is 422 g/mol. The Morgan fingerprint density at radius 3 is 1.12 bits per heavy atom. The van der Waals surface area contributed by atoms with E-state index in [1.165, 1.54) is 11.1 Å². The molecule has 0 aliphatic carbocycles. The summed E-state index contributed by atoms with van der Waals surface area (Å²) in [5.74, 6) is 0. The van der Waals surface area contributed by atoms with E-state index >= 15 is 0 Å². The fraction of sp³-hybridized carbons (Fsp3) is 0. The molecule has 4 aromatic carbocycles. The molecule has 0 atom stereocenters. The first-order valence-electron chi connectivity index (χ1n) is 8.07. The summed E-state index contributed by atoms with van der Waals surface area (Å²) in [6.07, 6.45) is 8.31. The van der Waals surface area contributed by atoms with E-state index in [2.05, 4.69) is 48.6 Å². The smallest absolute Gasteiger partial charge is 0 e. The van der Waals surface area contributed by atoms with Crippen LogP contribution in [0, 0.1) is 0 Å². The summed E-state index contributed by atoms with van der Waals surface area (Å²) >= 11 is 0. The molecule has 0 bridgehead atoms. The molecule has 0 aliphatic rings. The van der Waals surface area contributed by atoms with Crippen molar-refractivity contribution in [1.82, 2.24) is 0 Å². The predicted octanol–water partition coefficient (Wildman–Crippen LogP) is 6.66. The second-order valence-corrected chi connectivity index (χ2v) is 5.08. The van der Waals surface area contributed by atoms with Gasteiger partial charge in [-0.05, 0) is 0 Å². The molecule has 0 aliphatic heterocycles. The Hall–Kier alpha value is -2.08. The fourth-order valence-electron chi connectivity index (χ4n) is 1.97. The van der Waals surface area contributed by atoms with E-state index in [9.17, 15) is 0 Å². The SMILES string of the molecule is C(C=C[c-]1cccc1)=C[c-]1cccc1.[Fe].[Fe].[cH-]1[cH-][cH-][cH-][cH-]1.c1cc[cH-]c1. The molecule has 0 radical (unpaired) electrons. The first-order chi connectivity index (χ1) is 11.9. The van der Waals surface area contributed by atoms with E-state index in [0.29, 0.717) is 0 Å². The van der Waals surface area contributed by atoms with Gasteiger partial charge in [-0.3, -0.25) is 0 Å². The van der Waals surface area contributed by atoms with Crippen LogP contribution in [0.3, 0.4) is 0 Å². The van der Waals surface area contributed by atoms with Crippen LogP contribution >= 0.6 is 0 Å². The van der Waals surface area contributed by atoms with Crippen molar-refractivity contribution < 1.29 is 34.1 Å². The van der Waals surface area contributed by atoms with Crippen molar-refractivity contribution in [3.8, 4) is 0 Å². The topological polar surface area (TPSA) is 0 Å². The van der Waals surface area contributed by atoms with Crippen LogP contribution in [-0.2, 0) is 34.1 Å². The zero-order valence-corrected chi connectivity index (χ0v) is 16.6. The molecule has 0 fully saturated rings. The zero-order chi connectivity index (χ0) is 16.7. The first kappa shape index (κ1) is 23.9. The van der Waals surface area contributed by atoms with E-state index in [1.807, 2.05) is 84.9 Å². The first-order valence-corrected chi connectivity index (χ1v) is 8.07. The number of hydrogen-bond donors (Lipinski definition) is 0. The molecule has 26 heavy (non-hydrogen) atoms. The molecule has 0 heterocycles. The van der Waals surface area contributed by atoms with E-state index < -0.39 is 0 Å². The third-order valence-electron chi connectivity index (χ3n) is 3.18. The fourth-order valence-corrected chi connectivity index (χ4v) is 1.97. The molecular weight excluding hydrogens is 400 g/mol. The van der Waals surface area contributed by atoms with Crippen molar-refractivity contribution in [2.24, 2.45) is 0 Å². The van der Waals surface area contributed by atoms with E-state index in [4.69, 9.17) is 0 Å². The maximum atomic E-state index is 2.10. The Morgan fingerprint density at radius 2 is 0.846 bits per heavy atom. The van der Waals surface area contributed by atoms with Crippen LogP contribution in [0.25, 0.3) is 12.2 Å². The minimum Gasteiger partial charge on any atom is -0.748 e. The van der Waals surface area contributed by atoms with E-state index in [0.717, 1.165) is 0 Å². The van der Waals surface area contributed by atoms with Crippen LogP contribution in [0.4, 0.5) is 0 Å². The van der Waals surface area contributed by atoms with Gasteiger partial charge in [0, 0.05) is 34.1 Å². The van der Waals surface area contributed by atoms with E-state index in [-0.39, 0.29) is 34.1 Å². The molecule has 2 heteroatoms. The van der Waals surface area contributed by atoms with Gasteiger partial charge in [-0.1, -0.05) is 0 Å². The maximum absolute atomic E-state index is 2.10. The second kappa shape index (κ2) is 16.4. The van der Waals surface area contributed by atoms with Crippen molar-refractivity contribution in [2.45, 2.75) is 0 Å². The molecule has 0 unspecified atom stereocenters. The van der Waals surface area contributed by atoms with Crippen molar-refractivity contribution in [3.63, 3.8) is 0 Å². The summed E-state index contributed by atoms with van der Waals surface area (Å²) in [6, 6.07) is 36.5. The molecule has 0 amide bonds. The summed E-state index contributed by atoms with van der Waals surface area (Å²) < 4.78 is 0. The number of allylic oxidation sites excluding steroid dienone is 2. The molecule has 4 rings (SSSR count). The molecule has 0 nitrogen and oxygen atoms in total.